The average Bonchev–Trinajstić information content (AvgIpc) is 2.67. The Morgan fingerprint density at radius 2 is 2.03 bits per heavy atom. The Hall–Kier alpha value is -0.980. The van der Waals surface area contributed by atoms with Gasteiger partial charge in [0.2, 0.25) is 0 Å². The van der Waals surface area contributed by atoms with Crippen molar-refractivity contribution in [1.82, 2.24) is 15.5 Å². The Morgan fingerprint density at radius 3 is 2.63 bits per heavy atom. The number of piperidine rings is 1. The molecule has 2 N–H and O–H groups in total. The highest BCUT2D eigenvalue weighted by atomic mass is 127. The lowest BCUT2D eigenvalue weighted by atomic mass is 10.1. The van der Waals surface area contributed by atoms with Crippen molar-refractivity contribution in [3.63, 3.8) is 0 Å². The van der Waals surface area contributed by atoms with Crippen LogP contribution in [-0.4, -0.2) is 70.6 Å². The molecule has 1 heterocycles. The normalized spacial score (nSPS) is 16.2. The lowest BCUT2D eigenvalue weighted by molar-refractivity contribution is 0.181. The molecule has 30 heavy (non-hydrogen) atoms. The molecule has 2 rings (SSSR count). The predicted octanol–water partition coefficient (Wildman–Crippen LogP) is 2.15. The Labute approximate surface area is 196 Å². The summed E-state index contributed by atoms with van der Waals surface area (Å²) in [5, 5.41) is 6.72. The molecule has 1 aromatic carbocycles. The van der Waals surface area contributed by atoms with E-state index in [0.717, 1.165) is 44.0 Å². The highest BCUT2D eigenvalue weighted by Gasteiger charge is 2.20. The van der Waals surface area contributed by atoms with E-state index in [-0.39, 0.29) is 42.2 Å². The number of guanidine groups is 1. The van der Waals surface area contributed by atoms with E-state index in [1.54, 1.807) is 19.2 Å². The third-order valence-electron chi connectivity index (χ3n) is 4.88. The van der Waals surface area contributed by atoms with E-state index < -0.39 is 9.84 Å². The van der Waals surface area contributed by atoms with Gasteiger partial charge in [-0.15, -0.1) is 24.0 Å². The molecule has 0 aromatic heterocycles. The van der Waals surface area contributed by atoms with Gasteiger partial charge >= 0.3 is 0 Å². The van der Waals surface area contributed by atoms with Gasteiger partial charge in [0, 0.05) is 51.1 Å². The maximum Gasteiger partial charge on any atom is 0.191 e. The smallest absolute Gasteiger partial charge is 0.191 e. The van der Waals surface area contributed by atoms with Crippen LogP contribution in [0.5, 0.6) is 0 Å². The summed E-state index contributed by atoms with van der Waals surface area (Å²) in [6.07, 6.45) is 3.14. The average molecular weight is 556 g/mol. The molecular formula is C20H34FIN4O3S. The number of likely N-dealkylation sites (tertiary alicyclic amines) is 1. The molecule has 1 saturated heterocycles. The van der Waals surface area contributed by atoms with Crippen LogP contribution >= 0.6 is 24.0 Å². The van der Waals surface area contributed by atoms with Crippen molar-refractivity contribution in [2.45, 2.75) is 39.0 Å². The van der Waals surface area contributed by atoms with Gasteiger partial charge in [-0.05, 0) is 37.5 Å². The monoisotopic (exact) mass is 556 g/mol. The summed E-state index contributed by atoms with van der Waals surface area (Å²) in [7, 11) is -1.38. The zero-order chi connectivity index (χ0) is 21.3. The molecule has 172 valence electrons. The fraction of sp³-hybridized carbons (Fsp3) is 0.650. The van der Waals surface area contributed by atoms with Crippen LogP contribution < -0.4 is 10.6 Å². The minimum atomic E-state index is -2.92. The first-order chi connectivity index (χ1) is 13.8. The predicted molar refractivity (Wildman–Crippen MR) is 130 cm³/mol. The molecule has 10 heteroatoms. The summed E-state index contributed by atoms with van der Waals surface area (Å²) in [4.78, 5) is 6.83. The molecule has 0 bridgehead atoms. The number of halogens is 2. The van der Waals surface area contributed by atoms with Crippen LogP contribution in [0, 0.1) is 5.82 Å². The molecule has 0 amide bonds. The summed E-state index contributed by atoms with van der Waals surface area (Å²) >= 11 is 0. The van der Waals surface area contributed by atoms with E-state index in [0.29, 0.717) is 24.7 Å². The lowest BCUT2D eigenvalue weighted by Crippen LogP contribution is -2.49. The summed E-state index contributed by atoms with van der Waals surface area (Å²) in [5.74, 6) is 0.671. The molecule has 0 radical (unpaired) electrons. The number of hydrogen-bond donors (Lipinski definition) is 2. The van der Waals surface area contributed by atoms with Crippen molar-refractivity contribution in [2.75, 3.05) is 45.3 Å². The molecule has 1 aromatic rings. The second-order valence-corrected chi connectivity index (χ2v) is 9.70. The van der Waals surface area contributed by atoms with Gasteiger partial charge in [-0.1, -0.05) is 6.07 Å². The van der Waals surface area contributed by atoms with Crippen LogP contribution in [0.25, 0.3) is 0 Å². The van der Waals surface area contributed by atoms with Crippen LogP contribution in [0.3, 0.4) is 0 Å². The number of sulfone groups is 1. The van der Waals surface area contributed by atoms with Crippen molar-refractivity contribution in [3.05, 3.63) is 35.1 Å². The molecule has 1 aliphatic rings. The first-order valence-electron chi connectivity index (χ1n) is 10.0. The van der Waals surface area contributed by atoms with Crippen LogP contribution in [-0.2, 0) is 27.7 Å². The van der Waals surface area contributed by atoms with Crippen LogP contribution in [0.4, 0.5) is 4.39 Å². The molecule has 0 atom stereocenters. The zero-order valence-electron chi connectivity index (χ0n) is 18.0. The molecule has 0 spiro atoms. The van der Waals surface area contributed by atoms with Crippen molar-refractivity contribution in [3.8, 4) is 0 Å². The number of hydrogen-bond acceptors (Lipinski definition) is 5. The lowest BCUT2D eigenvalue weighted by Gasteiger charge is -2.32. The number of rotatable bonds is 9. The highest BCUT2D eigenvalue weighted by molar-refractivity contribution is 14.0. The van der Waals surface area contributed by atoms with E-state index in [2.05, 4.69) is 20.5 Å². The minimum absolute atomic E-state index is 0. The number of nitrogens with one attached hydrogen (secondary N) is 2. The Kier molecular flexibility index (Phi) is 12.1. The maximum atomic E-state index is 13.8. The number of aliphatic imine (C=N–C) groups is 1. The standard InChI is InChI=1S/C20H33FN4O3S.HI/c1-4-22-20(23-14-16-5-6-19(21)17(13-16)15-28-2)24-18-7-9-25(10-8-18)11-12-29(3,26)27;/h5-6,13,18H,4,7-12,14-15H2,1-3H3,(H2,22,23,24);1H. The fourth-order valence-corrected chi connectivity index (χ4v) is 3.86. The second-order valence-electron chi connectivity index (χ2n) is 7.44. The van der Waals surface area contributed by atoms with E-state index in [1.807, 2.05) is 6.92 Å². The first-order valence-corrected chi connectivity index (χ1v) is 12.1. The Bertz CT molecular complexity index is 784. The number of benzene rings is 1. The van der Waals surface area contributed by atoms with E-state index >= 15 is 0 Å². The van der Waals surface area contributed by atoms with Gasteiger partial charge in [-0.25, -0.2) is 17.8 Å². The van der Waals surface area contributed by atoms with Gasteiger partial charge in [0.15, 0.2) is 5.96 Å². The zero-order valence-corrected chi connectivity index (χ0v) is 21.1. The summed E-state index contributed by atoms with van der Waals surface area (Å²) in [5.41, 5.74) is 1.45. The number of methoxy groups -OCH3 is 1. The molecule has 0 unspecified atom stereocenters. The van der Waals surface area contributed by atoms with Gasteiger partial charge < -0.3 is 20.3 Å². The molecule has 0 aliphatic carbocycles. The summed E-state index contributed by atoms with van der Waals surface area (Å²) < 4.78 is 41.5. The van der Waals surface area contributed by atoms with Crippen molar-refractivity contribution in [2.24, 2.45) is 4.99 Å². The second kappa shape index (κ2) is 13.4. The Balaban J connectivity index is 0.00000450. The number of ether oxygens (including phenoxy) is 1. The van der Waals surface area contributed by atoms with Crippen molar-refractivity contribution >= 4 is 39.8 Å². The van der Waals surface area contributed by atoms with Gasteiger partial charge in [0.05, 0.1) is 18.9 Å². The molecular weight excluding hydrogens is 522 g/mol. The molecule has 1 aliphatic heterocycles. The van der Waals surface area contributed by atoms with Crippen molar-refractivity contribution < 1.29 is 17.5 Å². The molecule has 1 fully saturated rings. The van der Waals surface area contributed by atoms with E-state index in [4.69, 9.17) is 4.74 Å². The largest absolute Gasteiger partial charge is 0.380 e. The van der Waals surface area contributed by atoms with Crippen molar-refractivity contribution in [1.29, 1.82) is 0 Å². The van der Waals surface area contributed by atoms with Gasteiger partial charge in [-0.2, -0.15) is 0 Å². The first kappa shape index (κ1) is 27.1. The van der Waals surface area contributed by atoms with E-state index in [9.17, 15) is 12.8 Å². The van der Waals surface area contributed by atoms with E-state index in [1.165, 1.54) is 12.3 Å². The third-order valence-corrected chi connectivity index (χ3v) is 5.80. The summed E-state index contributed by atoms with van der Waals surface area (Å²) in [6.45, 7) is 5.76. The highest BCUT2D eigenvalue weighted by Crippen LogP contribution is 2.13. The minimum Gasteiger partial charge on any atom is -0.380 e. The van der Waals surface area contributed by atoms with Gasteiger partial charge in [-0.3, -0.25) is 0 Å². The van der Waals surface area contributed by atoms with Crippen LogP contribution in [0.15, 0.2) is 23.2 Å². The molecule has 0 saturated carbocycles. The van der Waals surface area contributed by atoms with Gasteiger partial charge in [0.25, 0.3) is 0 Å². The summed E-state index contributed by atoms with van der Waals surface area (Å²) in [6, 6.07) is 5.26. The third kappa shape index (κ3) is 9.88. The van der Waals surface area contributed by atoms with Crippen LogP contribution in [0.1, 0.15) is 30.9 Å². The van der Waals surface area contributed by atoms with Gasteiger partial charge in [0.1, 0.15) is 15.7 Å². The maximum absolute atomic E-state index is 13.8. The topological polar surface area (TPSA) is 83.0 Å². The number of nitrogens with zero attached hydrogens (tertiary/aromatic N) is 2. The quantitative estimate of drug-likeness (QED) is 0.276. The SMILES string of the molecule is CCNC(=NCc1ccc(F)c(COC)c1)NC1CCN(CCS(C)(=O)=O)CC1.I. The van der Waals surface area contributed by atoms with Crippen LogP contribution in [0.2, 0.25) is 0 Å². The molecule has 7 nitrogen and oxygen atoms in total. The fourth-order valence-electron chi connectivity index (χ4n) is 3.27. The Morgan fingerprint density at radius 1 is 1.33 bits per heavy atom.